The summed E-state index contributed by atoms with van der Waals surface area (Å²) < 4.78 is 105. The molecule has 9 heteroatoms. The fourth-order valence-corrected chi connectivity index (χ4v) is 5.79. The Balaban J connectivity index is 0.000000250. The Labute approximate surface area is 267 Å². The van der Waals surface area contributed by atoms with Gasteiger partial charge in [-0.05, 0) is 110 Å². The molecule has 3 aromatic rings. The fraction of sp³-hybridized carbons (Fsp3) is 0.514. The van der Waals surface area contributed by atoms with Crippen molar-refractivity contribution in [3.8, 4) is 16.9 Å². The molecule has 0 spiro atoms. The van der Waals surface area contributed by atoms with Gasteiger partial charge in [-0.2, -0.15) is 17.6 Å². The number of halogens is 8. The topological polar surface area (TPSA) is 9.23 Å². The van der Waals surface area contributed by atoms with Crippen LogP contribution >= 0.6 is 0 Å². The monoisotopic (exact) mass is 656 g/mol. The number of ether oxygens (including phenoxy) is 1. The quantitative estimate of drug-likeness (QED) is 0.117. The van der Waals surface area contributed by atoms with Crippen molar-refractivity contribution in [3.05, 3.63) is 89.0 Å². The van der Waals surface area contributed by atoms with Crippen LogP contribution in [0.25, 0.3) is 11.1 Å². The molecule has 0 heterocycles. The van der Waals surface area contributed by atoms with Gasteiger partial charge in [-0.25, -0.2) is 8.78 Å². The van der Waals surface area contributed by atoms with Gasteiger partial charge in [0.1, 0.15) is 17.4 Å². The summed E-state index contributed by atoms with van der Waals surface area (Å²) in [6, 6.07) is 15.9. The number of rotatable bonds is 15. The maximum absolute atomic E-state index is 13.7. The number of alkyl halides is 6. The van der Waals surface area contributed by atoms with Crippen LogP contribution in [-0.4, -0.2) is 25.9 Å². The highest BCUT2D eigenvalue weighted by atomic mass is 19.3. The van der Waals surface area contributed by atoms with E-state index in [1.165, 1.54) is 62.6 Å². The molecule has 3 aromatic carbocycles. The predicted octanol–water partition coefficient (Wildman–Crippen LogP) is 12.3. The second kappa shape index (κ2) is 18.9. The first-order chi connectivity index (χ1) is 22.0. The van der Waals surface area contributed by atoms with Gasteiger partial charge in [0.15, 0.2) is 0 Å². The van der Waals surface area contributed by atoms with Crippen molar-refractivity contribution >= 4 is 0 Å². The highest BCUT2D eigenvalue weighted by molar-refractivity contribution is 5.64. The molecule has 1 fully saturated rings. The van der Waals surface area contributed by atoms with Crippen LogP contribution in [0.5, 0.6) is 5.75 Å². The molecule has 1 nitrogen and oxygen atoms in total. The van der Waals surface area contributed by atoms with Crippen molar-refractivity contribution in [2.24, 2.45) is 5.92 Å². The molecule has 0 aliphatic heterocycles. The second-order valence-electron chi connectivity index (χ2n) is 12.1. The summed E-state index contributed by atoms with van der Waals surface area (Å²) in [7, 11) is 0. The molecule has 0 aromatic heterocycles. The Morgan fingerprint density at radius 1 is 0.717 bits per heavy atom. The lowest BCUT2D eigenvalue weighted by Gasteiger charge is -2.29. The first kappa shape index (κ1) is 37.4. The number of unbranched alkanes of at least 4 members (excludes halogenated alkanes) is 4. The number of hydrogen-bond acceptors (Lipinski definition) is 1. The average Bonchev–Trinajstić information content (AvgIpc) is 3.05. The minimum Gasteiger partial charge on any atom is -0.428 e. The third-order valence-corrected chi connectivity index (χ3v) is 8.62. The average molecular weight is 657 g/mol. The third-order valence-electron chi connectivity index (χ3n) is 8.62. The molecule has 0 saturated heterocycles. The van der Waals surface area contributed by atoms with Crippen molar-refractivity contribution in [1.29, 1.82) is 0 Å². The van der Waals surface area contributed by atoms with E-state index in [9.17, 15) is 35.1 Å². The van der Waals surface area contributed by atoms with Gasteiger partial charge in [-0.1, -0.05) is 68.5 Å². The Morgan fingerprint density at radius 3 is 1.78 bits per heavy atom. The molecule has 0 radical (unpaired) electrons. The largest absolute Gasteiger partial charge is 0.461 e. The van der Waals surface area contributed by atoms with E-state index in [1.54, 1.807) is 0 Å². The van der Waals surface area contributed by atoms with Crippen LogP contribution in [0.2, 0.25) is 0 Å². The van der Waals surface area contributed by atoms with Gasteiger partial charge >= 0.3 is 12.5 Å². The summed E-state index contributed by atoms with van der Waals surface area (Å²) in [6.07, 6.45) is 3.63. The molecule has 1 aliphatic carbocycles. The van der Waals surface area contributed by atoms with Crippen LogP contribution in [0.15, 0.2) is 60.7 Å². The Kier molecular flexibility index (Phi) is 15.3. The Morgan fingerprint density at radius 2 is 1.24 bits per heavy atom. The van der Waals surface area contributed by atoms with E-state index in [2.05, 4.69) is 4.74 Å². The maximum Gasteiger partial charge on any atom is 0.461 e. The van der Waals surface area contributed by atoms with Crippen molar-refractivity contribution in [1.82, 2.24) is 0 Å². The van der Waals surface area contributed by atoms with E-state index in [4.69, 9.17) is 0 Å². The first-order valence-corrected chi connectivity index (χ1v) is 16.2. The molecule has 4 rings (SSSR count). The van der Waals surface area contributed by atoms with E-state index >= 15 is 0 Å². The Bertz CT molecular complexity index is 1260. The normalized spacial score (nSPS) is 16.7. The van der Waals surface area contributed by atoms with Gasteiger partial charge in [0, 0.05) is 5.56 Å². The van der Waals surface area contributed by atoms with Crippen LogP contribution in [0.1, 0.15) is 93.2 Å². The molecular formula is C37H44F8O. The lowest BCUT2D eigenvalue weighted by Crippen LogP contribution is -2.33. The van der Waals surface area contributed by atoms with Crippen molar-refractivity contribution in [2.75, 3.05) is 13.3 Å². The van der Waals surface area contributed by atoms with E-state index in [0.29, 0.717) is 25.2 Å². The first-order valence-electron chi connectivity index (χ1n) is 16.2. The minimum absolute atomic E-state index is 0.121. The molecule has 1 aliphatic rings. The smallest absolute Gasteiger partial charge is 0.428 e. The molecular weight excluding hydrogens is 612 g/mol. The number of hydrogen-bond donors (Lipinski definition) is 0. The van der Waals surface area contributed by atoms with E-state index < -0.39 is 24.2 Å². The standard InChI is InChI=1S/C20H29F3.C17H15F5O/c1-15-19(22)13-18(14-20(15)23)17-10-8-16(9-11-17)7-5-3-2-4-6-12-21;18-11-1-2-12-3-5-13(6-4-12)14-7-9-15(10-8-14)23-17(21,22)16(19)20/h13-14,16-17H,2-12H2,1H3;3-10,16H,1-2,11H2. The van der Waals surface area contributed by atoms with Crippen LogP contribution in [0.4, 0.5) is 35.1 Å². The van der Waals surface area contributed by atoms with E-state index in [1.807, 2.05) is 24.3 Å². The lowest BCUT2D eigenvalue weighted by molar-refractivity contribution is -0.253. The summed E-state index contributed by atoms with van der Waals surface area (Å²) in [4.78, 5) is 0. The highest BCUT2D eigenvalue weighted by Gasteiger charge is 2.43. The zero-order valence-corrected chi connectivity index (χ0v) is 26.3. The summed E-state index contributed by atoms with van der Waals surface area (Å²) in [6.45, 7) is 0.926. The molecule has 0 N–H and O–H groups in total. The lowest BCUT2D eigenvalue weighted by atomic mass is 9.77. The summed E-state index contributed by atoms with van der Waals surface area (Å²) in [5.41, 5.74) is 3.52. The zero-order valence-electron chi connectivity index (χ0n) is 26.3. The van der Waals surface area contributed by atoms with Gasteiger partial charge < -0.3 is 4.74 Å². The van der Waals surface area contributed by atoms with Gasteiger partial charge in [0.05, 0.1) is 13.3 Å². The highest BCUT2D eigenvalue weighted by Crippen LogP contribution is 2.38. The van der Waals surface area contributed by atoms with E-state index in [0.717, 1.165) is 66.7 Å². The van der Waals surface area contributed by atoms with E-state index in [-0.39, 0.29) is 24.7 Å². The fourth-order valence-electron chi connectivity index (χ4n) is 5.79. The van der Waals surface area contributed by atoms with Crippen molar-refractivity contribution < 1.29 is 39.9 Å². The molecule has 254 valence electrons. The van der Waals surface area contributed by atoms with Crippen LogP contribution in [-0.2, 0) is 6.42 Å². The number of benzene rings is 3. The van der Waals surface area contributed by atoms with Gasteiger partial charge in [0.25, 0.3) is 0 Å². The molecule has 0 bridgehead atoms. The van der Waals surface area contributed by atoms with Gasteiger partial charge in [0.2, 0.25) is 0 Å². The third kappa shape index (κ3) is 11.9. The van der Waals surface area contributed by atoms with Crippen molar-refractivity contribution in [2.45, 2.75) is 102 Å². The summed E-state index contributed by atoms with van der Waals surface area (Å²) in [5.74, 6) is -0.114. The molecule has 0 atom stereocenters. The maximum atomic E-state index is 13.7. The predicted molar refractivity (Wildman–Crippen MR) is 167 cm³/mol. The van der Waals surface area contributed by atoms with Crippen LogP contribution in [0, 0.1) is 24.5 Å². The van der Waals surface area contributed by atoms with Crippen LogP contribution in [0.3, 0.4) is 0 Å². The molecule has 46 heavy (non-hydrogen) atoms. The van der Waals surface area contributed by atoms with Crippen molar-refractivity contribution in [3.63, 3.8) is 0 Å². The molecule has 1 saturated carbocycles. The number of aryl methyl sites for hydroxylation is 1. The van der Waals surface area contributed by atoms with Crippen LogP contribution < -0.4 is 4.74 Å². The molecule has 0 unspecified atom stereocenters. The van der Waals surface area contributed by atoms with Gasteiger partial charge in [-0.15, -0.1) is 0 Å². The second-order valence-corrected chi connectivity index (χ2v) is 12.1. The molecule has 0 amide bonds. The van der Waals surface area contributed by atoms with Gasteiger partial charge in [-0.3, -0.25) is 8.78 Å². The SMILES string of the molecule is Cc1c(F)cc(C2CCC(CCCCCCCF)CC2)cc1F.FCCCc1ccc(-c2ccc(OC(F)(F)C(F)F)cc2)cc1. The minimum atomic E-state index is -4.51. The Hall–Kier alpha value is -3.10. The summed E-state index contributed by atoms with van der Waals surface area (Å²) >= 11 is 0. The summed E-state index contributed by atoms with van der Waals surface area (Å²) in [5, 5.41) is 0. The zero-order chi connectivity index (χ0) is 33.5.